The molecule has 1 unspecified atom stereocenters. The molecule has 0 aliphatic carbocycles. The van der Waals surface area contributed by atoms with E-state index in [1.807, 2.05) is 36.1 Å². The van der Waals surface area contributed by atoms with E-state index in [1.54, 1.807) is 36.4 Å². The number of amides is 2. The number of aryl methyl sites for hydroxylation is 1. The highest BCUT2D eigenvalue weighted by molar-refractivity contribution is 7.89. The molecule has 0 spiro atoms. The number of carbonyl (C=O) groups is 1. The van der Waals surface area contributed by atoms with Gasteiger partial charge in [-0.15, -0.1) is 0 Å². The van der Waals surface area contributed by atoms with Gasteiger partial charge in [0.15, 0.2) is 29.0 Å². The second-order valence-corrected chi connectivity index (χ2v) is 16.0. The minimum atomic E-state index is -3.97. The van der Waals surface area contributed by atoms with Crippen LogP contribution in [0.3, 0.4) is 0 Å². The van der Waals surface area contributed by atoms with Gasteiger partial charge >= 0.3 is 6.03 Å². The Morgan fingerprint density at radius 3 is 2.36 bits per heavy atom. The summed E-state index contributed by atoms with van der Waals surface area (Å²) in [5, 5.41) is 60.7. The fraction of sp³-hybridized carbons (Fsp3) is 0.308. The van der Waals surface area contributed by atoms with E-state index in [1.165, 1.54) is 29.1 Å². The number of nitrogens with zero attached hydrogens (tertiary/aromatic N) is 6. The summed E-state index contributed by atoms with van der Waals surface area (Å²) in [4.78, 5) is 29.2. The molecule has 0 radical (unpaired) electrons. The number of sulfonamides is 1. The van der Waals surface area contributed by atoms with E-state index >= 15 is 0 Å². The zero-order valence-electron chi connectivity index (χ0n) is 31.6. The van der Waals surface area contributed by atoms with Crippen LogP contribution in [0.4, 0.5) is 22.2 Å². The molecule has 2 aliphatic heterocycles. The third-order valence-corrected chi connectivity index (χ3v) is 11.3. The average molecular weight is 827 g/mol. The van der Waals surface area contributed by atoms with Crippen LogP contribution in [0.25, 0.3) is 11.2 Å². The molecule has 2 aliphatic rings. The fourth-order valence-corrected chi connectivity index (χ4v) is 7.87. The van der Waals surface area contributed by atoms with E-state index in [0.717, 1.165) is 11.1 Å². The minimum Gasteiger partial charge on any atom is -0.508 e. The van der Waals surface area contributed by atoms with Crippen molar-refractivity contribution in [2.45, 2.75) is 61.2 Å². The third-order valence-electron chi connectivity index (χ3n) is 10.4. The average Bonchev–Trinajstić information content (AvgIpc) is 4.03. The first-order valence-corrected chi connectivity index (χ1v) is 20.4. The molecule has 8 rings (SSSR count). The first-order chi connectivity index (χ1) is 28.3. The number of ether oxygens (including phenoxy) is 1. The number of primary sulfonamides is 1. The summed E-state index contributed by atoms with van der Waals surface area (Å²) in [5.41, 5.74) is 3.30. The molecule has 2 amide bonds. The zero-order valence-corrected chi connectivity index (χ0v) is 32.4. The maximum Gasteiger partial charge on any atom is 0.319 e. The lowest BCUT2D eigenvalue weighted by atomic mass is 9.91. The predicted octanol–water partition coefficient (Wildman–Crippen LogP) is 3.07. The Kier molecular flexibility index (Phi) is 10.8. The Bertz CT molecular complexity index is 2520. The fourth-order valence-electron chi connectivity index (χ4n) is 7.31. The van der Waals surface area contributed by atoms with Gasteiger partial charge in [0.2, 0.25) is 16.0 Å². The van der Waals surface area contributed by atoms with Gasteiger partial charge in [-0.25, -0.2) is 23.3 Å². The number of imidazole rings is 1. The number of phenolic OH excluding ortho intramolecular Hbond substituents is 2. The summed E-state index contributed by atoms with van der Waals surface area (Å²) in [6.07, 6.45) is -2.33. The summed E-state index contributed by atoms with van der Waals surface area (Å²) in [5.74, 6) is 0.854. The van der Waals surface area contributed by atoms with Gasteiger partial charge in [0.25, 0.3) is 0 Å². The smallest absolute Gasteiger partial charge is 0.319 e. The van der Waals surface area contributed by atoms with Crippen molar-refractivity contribution in [3.8, 4) is 11.5 Å². The molecule has 9 N–H and O–H groups in total. The number of phenols is 2. The summed E-state index contributed by atoms with van der Waals surface area (Å²) in [7, 11) is -3.97. The van der Waals surface area contributed by atoms with E-state index in [2.05, 4.69) is 26.1 Å². The summed E-state index contributed by atoms with van der Waals surface area (Å²) >= 11 is 0. The monoisotopic (exact) mass is 826 g/mol. The lowest BCUT2D eigenvalue weighted by Gasteiger charge is -2.22. The standard InChI is InChI=1S/C39H42N10O9S/c1-2-23-17-30(58-47-23)34-32(52)33(53)37(57-34)49-20-42-31-35(41-18-29(21-6-10-26(50)11-7-21)22-8-12-27(51)13-9-22)45-38(46-36(31)49)48-15-14-25(19-48)44-39(54)43-24-4-3-5-28(16-24)59(40,55)56/h3-13,16-17,20,25,29,32-34,37,50-53H,2,14-15,18-19H2,1H3,(H2,40,55,56)(H,41,45,46)(H2,43,44,54)/t25?,32-,33+,34+,37+/m0/s1. The van der Waals surface area contributed by atoms with Crippen molar-refractivity contribution in [1.29, 1.82) is 0 Å². The highest BCUT2D eigenvalue weighted by atomic mass is 32.2. The molecule has 6 aromatic rings. The van der Waals surface area contributed by atoms with Crippen molar-refractivity contribution in [3.05, 3.63) is 108 Å². The van der Waals surface area contributed by atoms with Crippen molar-refractivity contribution >= 4 is 44.7 Å². The van der Waals surface area contributed by atoms with Crippen LogP contribution in [-0.4, -0.2) is 97.4 Å². The van der Waals surface area contributed by atoms with Crippen LogP contribution in [-0.2, 0) is 21.2 Å². The Morgan fingerprint density at radius 2 is 1.69 bits per heavy atom. The summed E-state index contributed by atoms with van der Waals surface area (Å²) < 4.78 is 36.8. The van der Waals surface area contributed by atoms with Crippen LogP contribution in [0.15, 0.2) is 94.6 Å². The number of aromatic hydroxyl groups is 2. The number of fused-ring (bicyclic) bond motifs is 1. The van der Waals surface area contributed by atoms with Crippen LogP contribution in [0.5, 0.6) is 11.5 Å². The maximum absolute atomic E-state index is 13.0. The van der Waals surface area contributed by atoms with E-state index in [9.17, 15) is 33.6 Å². The molecule has 0 saturated carbocycles. The number of aromatic nitrogens is 5. The SMILES string of the molecule is CCc1cc([C@H]2O[C@@H](n3cnc4c(NCC(c5ccc(O)cc5)c5ccc(O)cc5)nc(N5CCC(NC(=O)Nc6cccc(S(N)(=O)=O)c6)C5)nc43)[C@H](O)[C@@H]2O)on1. The number of carbonyl (C=O) groups excluding carboxylic acids is 1. The molecule has 0 bridgehead atoms. The van der Waals surface area contributed by atoms with Crippen molar-refractivity contribution in [1.82, 2.24) is 30.0 Å². The molecular weight excluding hydrogens is 785 g/mol. The van der Waals surface area contributed by atoms with Crippen LogP contribution in [0.2, 0.25) is 0 Å². The molecule has 308 valence electrons. The summed E-state index contributed by atoms with van der Waals surface area (Å²) in [6, 6.07) is 20.0. The zero-order chi connectivity index (χ0) is 41.4. The van der Waals surface area contributed by atoms with Crippen LogP contribution >= 0.6 is 0 Å². The van der Waals surface area contributed by atoms with Crippen molar-refractivity contribution in [2.24, 2.45) is 5.14 Å². The molecular formula is C39H42N10O9S. The first-order valence-electron chi connectivity index (χ1n) is 18.8. The number of hydrogen-bond donors (Lipinski definition) is 8. The molecule has 2 saturated heterocycles. The number of urea groups is 1. The highest BCUT2D eigenvalue weighted by Crippen LogP contribution is 2.41. The van der Waals surface area contributed by atoms with Gasteiger partial charge in [-0.05, 0) is 66.4 Å². The molecule has 3 aromatic heterocycles. The van der Waals surface area contributed by atoms with Crippen molar-refractivity contribution < 1.29 is 42.9 Å². The number of hydrogen-bond acceptors (Lipinski definition) is 15. The van der Waals surface area contributed by atoms with Crippen LogP contribution < -0.4 is 26.0 Å². The van der Waals surface area contributed by atoms with Gasteiger partial charge in [-0.1, -0.05) is 42.4 Å². The van der Waals surface area contributed by atoms with Crippen molar-refractivity contribution in [2.75, 3.05) is 35.2 Å². The van der Waals surface area contributed by atoms with Crippen molar-refractivity contribution in [3.63, 3.8) is 0 Å². The number of aliphatic hydroxyl groups is 2. The number of anilines is 3. The van der Waals surface area contributed by atoms with Crippen LogP contribution in [0.1, 0.15) is 54.2 Å². The van der Waals surface area contributed by atoms with E-state index in [4.69, 9.17) is 24.4 Å². The molecule has 20 heteroatoms. The lowest BCUT2D eigenvalue weighted by Crippen LogP contribution is -2.40. The van der Waals surface area contributed by atoms with Gasteiger partial charge in [0.1, 0.15) is 29.8 Å². The normalized spacial score (nSPS) is 20.7. The Hall–Kier alpha value is -6.32. The molecule has 59 heavy (non-hydrogen) atoms. The number of nitrogens with two attached hydrogens (primary N) is 1. The predicted molar refractivity (Wildman–Crippen MR) is 213 cm³/mol. The molecule has 2 fully saturated rings. The highest BCUT2D eigenvalue weighted by Gasteiger charge is 2.47. The van der Waals surface area contributed by atoms with E-state index < -0.39 is 40.6 Å². The number of nitrogens with one attached hydrogen (secondary N) is 3. The van der Waals surface area contributed by atoms with Crippen LogP contribution in [0, 0.1) is 0 Å². The van der Waals surface area contributed by atoms with Gasteiger partial charge < -0.3 is 50.5 Å². The second-order valence-electron chi connectivity index (χ2n) is 14.4. The maximum atomic E-state index is 13.0. The summed E-state index contributed by atoms with van der Waals surface area (Å²) in [6.45, 7) is 2.96. The number of rotatable bonds is 12. The first kappa shape index (κ1) is 39.5. The molecule has 5 heterocycles. The van der Waals surface area contributed by atoms with E-state index in [0.29, 0.717) is 49.5 Å². The second kappa shape index (κ2) is 16.1. The third kappa shape index (κ3) is 8.34. The van der Waals surface area contributed by atoms with Gasteiger partial charge in [-0.3, -0.25) is 4.57 Å². The topological polar surface area (TPSA) is 276 Å². The Morgan fingerprint density at radius 1 is 0.983 bits per heavy atom. The number of benzene rings is 3. The quantitative estimate of drug-likeness (QED) is 0.0881. The van der Waals surface area contributed by atoms with Gasteiger partial charge in [0, 0.05) is 43.3 Å². The molecule has 3 aromatic carbocycles. The lowest BCUT2D eigenvalue weighted by molar-refractivity contribution is -0.0434. The Labute approximate surface area is 337 Å². The van der Waals surface area contributed by atoms with Gasteiger partial charge in [-0.2, -0.15) is 9.97 Å². The largest absolute Gasteiger partial charge is 0.508 e. The molecule has 19 nitrogen and oxygen atoms in total. The number of aliphatic hydroxyl groups excluding tert-OH is 2. The minimum absolute atomic E-state index is 0.115. The van der Waals surface area contributed by atoms with E-state index in [-0.39, 0.29) is 51.4 Å². The molecule has 5 atom stereocenters. The van der Waals surface area contributed by atoms with Gasteiger partial charge in [0.05, 0.1) is 16.9 Å². The Balaban J connectivity index is 1.09.